The van der Waals surface area contributed by atoms with Gasteiger partial charge in [0.15, 0.2) is 11.5 Å². The average molecular weight is 378 g/mol. The number of rotatable bonds is 6. The van der Waals surface area contributed by atoms with Crippen LogP contribution in [0.4, 0.5) is 16.4 Å². The Kier molecular flexibility index (Phi) is 6.28. The number of hydrogen-bond acceptors (Lipinski definition) is 7. The maximum Gasteiger partial charge on any atom is 0.404 e. The van der Waals surface area contributed by atoms with Crippen molar-refractivity contribution in [2.75, 3.05) is 23.8 Å². The molecule has 2 atom stereocenters. The number of anilines is 2. The second-order valence-electron chi connectivity index (χ2n) is 6.94. The number of hydrogen-bond donors (Lipinski definition) is 5. The van der Waals surface area contributed by atoms with Gasteiger partial charge in [0.1, 0.15) is 5.82 Å². The Balaban J connectivity index is 1.75. The highest BCUT2D eigenvalue weighted by atomic mass is 16.5. The lowest BCUT2D eigenvalue weighted by atomic mass is 9.90. The molecule has 1 saturated heterocycles. The van der Waals surface area contributed by atoms with Gasteiger partial charge in [0, 0.05) is 25.3 Å². The zero-order chi connectivity index (χ0) is 19.2. The van der Waals surface area contributed by atoms with E-state index in [0.29, 0.717) is 24.8 Å². The second kappa shape index (κ2) is 8.85. The molecule has 1 aliphatic carbocycles. The number of carbonyl (C=O) groups is 2. The minimum Gasteiger partial charge on any atom is -0.465 e. The van der Waals surface area contributed by atoms with Crippen LogP contribution in [0.15, 0.2) is 6.20 Å². The monoisotopic (exact) mass is 378 g/mol. The van der Waals surface area contributed by atoms with Crippen molar-refractivity contribution in [1.82, 2.24) is 15.3 Å². The fourth-order valence-corrected chi connectivity index (χ4v) is 3.60. The molecule has 3 rings (SSSR count). The van der Waals surface area contributed by atoms with Gasteiger partial charge in [-0.1, -0.05) is 12.8 Å². The van der Waals surface area contributed by atoms with Crippen molar-refractivity contribution in [2.45, 2.75) is 56.7 Å². The van der Waals surface area contributed by atoms with Gasteiger partial charge in [-0.05, 0) is 25.7 Å². The molecule has 0 unspecified atom stereocenters. The topological polar surface area (TPSA) is 151 Å². The first-order valence-corrected chi connectivity index (χ1v) is 9.30. The second-order valence-corrected chi connectivity index (χ2v) is 6.94. The Hall–Kier alpha value is -2.62. The predicted octanol–water partition coefficient (Wildman–Crippen LogP) is 1.16. The molecule has 2 amide bonds. The van der Waals surface area contributed by atoms with Gasteiger partial charge in [-0.2, -0.15) is 0 Å². The van der Waals surface area contributed by atoms with Crippen LogP contribution in [0, 0.1) is 0 Å². The number of nitrogens with two attached hydrogens (primary N) is 1. The summed E-state index contributed by atoms with van der Waals surface area (Å²) < 4.78 is 5.35. The van der Waals surface area contributed by atoms with Crippen molar-refractivity contribution >= 4 is 23.6 Å². The molecule has 27 heavy (non-hydrogen) atoms. The number of aromatic nitrogens is 2. The van der Waals surface area contributed by atoms with Gasteiger partial charge in [-0.15, -0.1) is 0 Å². The normalized spacial score (nSPS) is 23.4. The number of carbonyl (C=O) groups excluding carboxylic acids is 1. The summed E-state index contributed by atoms with van der Waals surface area (Å²) >= 11 is 0. The van der Waals surface area contributed by atoms with Crippen LogP contribution in [-0.2, 0) is 4.74 Å². The summed E-state index contributed by atoms with van der Waals surface area (Å²) in [5.41, 5.74) is 5.52. The van der Waals surface area contributed by atoms with Crippen molar-refractivity contribution < 1.29 is 19.4 Å². The van der Waals surface area contributed by atoms with E-state index in [1.54, 1.807) is 0 Å². The highest BCUT2D eigenvalue weighted by Gasteiger charge is 2.27. The summed E-state index contributed by atoms with van der Waals surface area (Å²) in [6, 6.07) is -0.141. The fraction of sp³-hybridized carbons (Fsp3) is 0.647. The van der Waals surface area contributed by atoms with Gasteiger partial charge in [0.2, 0.25) is 0 Å². The van der Waals surface area contributed by atoms with Crippen LogP contribution in [0.25, 0.3) is 0 Å². The lowest BCUT2D eigenvalue weighted by molar-refractivity contribution is 0.0903. The highest BCUT2D eigenvalue weighted by molar-refractivity contribution is 5.95. The molecule has 1 aromatic rings. The molecule has 1 aromatic heterocycles. The van der Waals surface area contributed by atoms with Gasteiger partial charge < -0.3 is 31.5 Å². The average Bonchev–Trinajstić information content (AvgIpc) is 2.64. The summed E-state index contributed by atoms with van der Waals surface area (Å²) in [6.45, 7) is 1.30. The Labute approximate surface area is 157 Å². The number of primary amides is 1. The molecular weight excluding hydrogens is 352 g/mol. The standard InChI is InChI=1S/C17H26N6O4/c18-15(24)14-16(20-10-5-7-27-8-6-10)23-13(9-19-14)21-11-3-1-2-4-12(11)22-17(25)26/h9-12,22H,1-8H2,(H2,18,24)(H,25,26)(H2,20,21,23)/t11-,12+/m1/s1. The van der Waals surface area contributed by atoms with Crippen molar-refractivity contribution in [2.24, 2.45) is 5.73 Å². The zero-order valence-electron chi connectivity index (χ0n) is 15.1. The molecule has 10 nitrogen and oxygen atoms in total. The van der Waals surface area contributed by atoms with E-state index in [4.69, 9.17) is 15.6 Å². The van der Waals surface area contributed by atoms with Gasteiger partial charge in [0.05, 0.1) is 12.2 Å². The molecule has 2 aliphatic rings. The highest BCUT2D eigenvalue weighted by Crippen LogP contribution is 2.23. The molecule has 0 spiro atoms. The first kappa shape index (κ1) is 19.2. The van der Waals surface area contributed by atoms with E-state index in [2.05, 4.69) is 25.9 Å². The first-order chi connectivity index (χ1) is 13.0. The first-order valence-electron chi connectivity index (χ1n) is 9.30. The lowest BCUT2D eigenvalue weighted by Crippen LogP contribution is -2.48. The molecule has 10 heteroatoms. The van der Waals surface area contributed by atoms with Crippen LogP contribution in [0.2, 0.25) is 0 Å². The number of nitrogens with one attached hydrogen (secondary N) is 3. The quantitative estimate of drug-likeness (QED) is 0.494. The van der Waals surface area contributed by atoms with Gasteiger partial charge >= 0.3 is 6.09 Å². The lowest BCUT2D eigenvalue weighted by Gasteiger charge is -2.32. The number of carboxylic acid groups (broad SMARTS) is 1. The summed E-state index contributed by atoms with van der Waals surface area (Å²) in [6.07, 6.45) is 5.63. The van der Waals surface area contributed by atoms with Crippen LogP contribution in [-0.4, -0.2) is 58.4 Å². The zero-order valence-corrected chi connectivity index (χ0v) is 15.1. The van der Waals surface area contributed by atoms with Crippen LogP contribution < -0.4 is 21.7 Å². The Morgan fingerprint density at radius 1 is 1.11 bits per heavy atom. The molecule has 1 saturated carbocycles. The number of nitrogens with zero attached hydrogens (tertiary/aromatic N) is 2. The van der Waals surface area contributed by atoms with Crippen LogP contribution in [0.1, 0.15) is 49.0 Å². The minimum atomic E-state index is -1.04. The molecule has 0 aromatic carbocycles. The Morgan fingerprint density at radius 2 is 1.81 bits per heavy atom. The van der Waals surface area contributed by atoms with Crippen molar-refractivity contribution in [1.29, 1.82) is 0 Å². The molecule has 1 aliphatic heterocycles. The van der Waals surface area contributed by atoms with Crippen LogP contribution >= 0.6 is 0 Å². The van der Waals surface area contributed by atoms with E-state index in [1.807, 2.05) is 0 Å². The number of amides is 2. The molecule has 0 bridgehead atoms. The van der Waals surface area contributed by atoms with E-state index in [9.17, 15) is 9.59 Å². The van der Waals surface area contributed by atoms with E-state index in [1.165, 1.54) is 6.20 Å². The SMILES string of the molecule is NC(=O)c1ncc(N[C@@H]2CCCC[C@@H]2NC(=O)O)nc1NC1CCOCC1. The Morgan fingerprint density at radius 3 is 2.48 bits per heavy atom. The predicted molar refractivity (Wildman–Crippen MR) is 98.8 cm³/mol. The molecule has 0 radical (unpaired) electrons. The van der Waals surface area contributed by atoms with Gasteiger partial charge in [0.25, 0.3) is 5.91 Å². The van der Waals surface area contributed by atoms with Gasteiger partial charge in [-0.25, -0.2) is 14.8 Å². The van der Waals surface area contributed by atoms with E-state index >= 15 is 0 Å². The molecular formula is C17H26N6O4. The smallest absolute Gasteiger partial charge is 0.404 e. The van der Waals surface area contributed by atoms with Crippen molar-refractivity contribution in [3.05, 3.63) is 11.9 Å². The summed E-state index contributed by atoms with van der Waals surface area (Å²) in [7, 11) is 0. The summed E-state index contributed by atoms with van der Waals surface area (Å²) in [4.78, 5) is 31.4. The number of ether oxygens (including phenoxy) is 1. The summed E-state index contributed by atoms with van der Waals surface area (Å²) in [5.74, 6) is 0.184. The third-order valence-corrected chi connectivity index (χ3v) is 4.98. The summed E-state index contributed by atoms with van der Waals surface area (Å²) in [5, 5.41) is 18.1. The van der Waals surface area contributed by atoms with Crippen LogP contribution in [0.3, 0.4) is 0 Å². The van der Waals surface area contributed by atoms with E-state index < -0.39 is 12.0 Å². The minimum absolute atomic E-state index is 0.0838. The fourth-order valence-electron chi connectivity index (χ4n) is 3.60. The third-order valence-electron chi connectivity index (χ3n) is 4.98. The van der Waals surface area contributed by atoms with E-state index in [0.717, 1.165) is 38.5 Å². The molecule has 148 valence electrons. The maximum atomic E-state index is 11.7. The molecule has 2 fully saturated rings. The van der Waals surface area contributed by atoms with Gasteiger partial charge in [-0.3, -0.25) is 4.79 Å². The molecule has 6 N–H and O–H groups in total. The third kappa shape index (κ3) is 5.19. The van der Waals surface area contributed by atoms with Crippen molar-refractivity contribution in [3.8, 4) is 0 Å². The van der Waals surface area contributed by atoms with E-state index in [-0.39, 0.29) is 23.8 Å². The molecule has 2 heterocycles. The Bertz CT molecular complexity index is 679. The van der Waals surface area contributed by atoms with Crippen molar-refractivity contribution in [3.63, 3.8) is 0 Å². The maximum absolute atomic E-state index is 11.7. The largest absolute Gasteiger partial charge is 0.465 e. The van der Waals surface area contributed by atoms with Crippen LogP contribution in [0.5, 0.6) is 0 Å².